The number of rotatable bonds is 3. The number of nitrogens with zero attached hydrogens (tertiary/aromatic N) is 2. The molecule has 0 atom stereocenters. The van der Waals surface area contributed by atoms with Crippen LogP contribution in [0.2, 0.25) is 0 Å². The Labute approximate surface area is 177 Å². The maximum atomic E-state index is 12.8. The number of hydrogen-bond acceptors (Lipinski definition) is 5. The summed E-state index contributed by atoms with van der Waals surface area (Å²) in [5, 5.41) is 4.95. The number of aromatic nitrogens is 2. The first-order valence-corrected chi connectivity index (χ1v) is 9.71. The largest absolute Gasteiger partial charge is 0.465 e. The number of ether oxygens (including phenoxy) is 1. The zero-order valence-electron chi connectivity index (χ0n) is 16.6. The molecule has 4 aromatic carbocycles. The Hall–Kier alpha value is -4.32. The van der Waals surface area contributed by atoms with Gasteiger partial charge < -0.3 is 10.1 Å². The van der Waals surface area contributed by atoms with E-state index in [-0.39, 0.29) is 5.91 Å². The monoisotopic (exact) mass is 407 g/mol. The summed E-state index contributed by atoms with van der Waals surface area (Å²) in [6, 6.07) is 23.8. The molecule has 0 spiro atoms. The predicted molar refractivity (Wildman–Crippen MR) is 120 cm³/mol. The zero-order chi connectivity index (χ0) is 21.4. The highest BCUT2D eigenvalue weighted by atomic mass is 16.5. The van der Waals surface area contributed by atoms with Crippen LogP contribution in [0.4, 0.5) is 5.69 Å². The SMILES string of the molecule is COC(=O)c1ccc(NC(=O)c2ccc3nc4ccc5ccccc5c4nc3c2)cc1. The van der Waals surface area contributed by atoms with E-state index >= 15 is 0 Å². The van der Waals surface area contributed by atoms with Crippen LogP contribution < -0.4 is 5.32 Å². The molecule has 0 bridgehead atoms. The molecule has 6 nitrogen and oxygen atoms in total. The minimum atomic E-state index is -0.425. The fraction of sp³-hybridized carbons (Fsp3) is 0.0400. The Morgan fingerprint density at radius 1 is 0.774 bits per heavy atom. The van der Waals surface area contributed by atoms with E-state index in [1.165, 1.54) is 7.11 Å². The van der Waals surface area contributed by atoms with E-state index in [9.17, 15) is 9.59 Å². The second kappa shape index (κ2) is 7.50. The third-order valence-electron chi connectivity index (χ3n) is 5.15. The zero-order valence-corrected chi connectivity index (χ0v) is 16.6. The minimum Gasteiger partial charge on any atom is -0.465 e. The summed E-state index contributed by atoms with van der Waals surface area (Å²) >= 11 is 0. The van der Waals surface area contributed by atoms with Crippen LogP contribution in [0.25, 0.3) is 32.8 Å². The Morgan fingerprint density at radius 3 is 2.32 bits per heavy atom. The van der Waals surface area contributed by atoms with E-state index in [1.54, 1.807) is 42.5 Å². The molecule has 1 heterocycles. The number of amides is 1. The van der Waals surface area contributed by atoms with Crippen molar-refractivity contribution in [1.29, 1.82) is 0 Å². The van der Waals surface area contributed by atoms with Crippen LogP contribution in [0.5, 0.6) is 0 Å². The molecule has 150 valence electrons. The molecular formula is C25H17N3O3. The van der Waals surface area contributed by atoms with Gasteiger partial charge in [0.2, 0.25) is 0 Å². The molecule has 0 aliphatic carbocycles. The maximum absolute atomic E-state index is 12.8. The lowest BCUT2D eigenvalue weighted by atomic mass is 10.1. The lowest BCUT2D eigenvalue weighted by molar-refractivity contribution is 0.0600. The molecule has 0 aliphatic rings. The van der Waals surface area contributed by atoms with Gasteiger partial charge in [-0.3, -0.25) is 4.79 Å². The van der Waals surface area contributed by atoms with Crippen LogP contribution >= 0.6 is 0 Å². The topological polar surface area (TPSA) is 81.2 Å². The summed E-state index contributed by atoms with van der Waals surface area (Å²) in [7, 11) is 1.33. The van der Waals surface area contributed by atoms with Gasteiger partial charge in [-0.05, 0) is 53.9 Å². The predicted octanol–water partition coefficient (Wildman–Crippen LogP) is 4.98. The molecule has 5 aromatic rings. The number of benzene rings is 4. The maximum Gasteiger partial charge on any atom is 0.337 e. The van der Waals surface area contributed by atoms with Crippen molar-refractivity contribution in [3.05, 3.63) is 90.0 Å². The molecule has 0 fully saturated rings. The van der Waals surface area contributed by atoms with Gasteiger partial charge >= 0.3 is 5.97 Å². The third-order valence-corrected chi connectivity index (χ3v) is 5.15. The second-order valence-electron chi connectivity index (χ2n) is 7.10. The first-order valence-electron chi connectivity index (χ1n) is 9.71. The molecule has 0 radical (unpaired) electrons. The van der Waals surface area contributed by atoms with E-state index in [2.05, 4.69) is 10.1 Å². The minimum absolute atomic E-state index is 0.271. The van der Waals surface area contributed by atoms with Gasteiger partial charge in [0.05, 0.1) is 34.7 Å². The van der Waals surface area contributed by atoms with E-state index in [4.69, 9.17) is 9.97 Å². The van der Waals surface area contributed by atoms with Gasteiger partial charge in [-0.25, -0.2) is 14.8 Å². The van der Waals surface area contributed by atoms with Crippen LogP contribution in [-0.4, -0.2) is 29.0 Å². The van der Waals surface area contributed by atoms with Gasteiger partial charge in [-0.2, -0.15) is 0 Å². The van der Waals surface area contributed by atoms with E-state index in [0.29, 0.717) is 22.3 Å². The Morgan fingerprint density at radius 2 is 1.52 bits per heavy atom. The normalized spacial score (nSPS) is 11.0. The van der Waals surface area contributed by atoms with Crippen molar-refractivity contribution < 1.29 is 14.3 Å². The lowest BCUT2D eigenvalue weighted by Crippen LogP contribution is -2.12. The van der Waals surface area contributed by atoms with Crippen molar-refractivity contribution in [3.63, 3.8) is 0 Å². The van der Waals surface area contributed by atoms with Gasteiger partial charge in [0.15, 0.2) is 0 Å². The Kier molecular flexibility index (Phi) is 4.52. The van der Waals surface area contributed by atoms with E-state index in [0.717, 1.165) is 27.3 Å². The van der Waals surface area contributed by atoms with E-state index in [1.807, 2.05) is 36.4 Å². The molecule has 1 N–H and O–H groups in total. The first-order chi connectivity index (χ1) is 15.1. The highest BCUT2D eigenvalue weighted by Crippen LogP contribution is 2.25. The summed E-state index contributed by atoms with van der Waals surface area (Å²) < 4.78 is 4.69. The summed E-state index contributed by atoms with van der Waals surface area (Å²) in [6.07, 6.45) is 0. The average Bonchev–Trinajstić information content (AvgIpc) is 2.82. The first kappa shape index (κ1) is 18.7. The molecular weight excluding hydrogens is 390 g/mol. The number of esters is 1. The van der Waals surface area contributed by atoms with Gasteiger partial charge in [-0.1, -0.05) is 30.3 Å². The van der Waals surface area contributed by atoms with Gasteiger partial charge in [0.25, 0.3) is 5.91 Å². The molecule has 0 unspecified atom stereocenters. The smallest absolute Gasteiger partial charge is 0.337 e. The van der Waals surface area contributed by atoms with Crippen LogP contribution in [0.15, 0.2) is 78.9 Å². The lowest BCUT2D eigenvalue weighted by Gasteiger charge is -2.08. The van der Waals surface area contributed by atoms with Crippen LogP contribution in [0.3, 0.4) is 0 Å². The number of hydrogen-bond donors (Lipinski definition) is 1. The van der Waals surface area contributed by atoms with Crippen molar-refractivity contribution in [1.82, 2.24) is 9.97 Å². The summed E-state index contributed by atoms with van der Waals surface area (Å²) in [4.78, 5) is 33.8. The molecule has 6 heteroatoms. The number of nitrogens with one attached hydrogen (secondary N) is 1. The highest BCUT2D eigenvalue weighted by Gasteiger charge is 2.11. The summed E-state index contributed by atoms with van der Waals surface area (Å²) in [5.74, 6) is -0.696. The number of carbonyl (C=O) groups is 2. The number of fused-ring (bicyclic) bond motifs is 4. The van der Waals surface area contributed by atoms with Crippen molar-refractivity contribution >= 4 is 50.4 Å². The standard InChI is InChI=1S/C25H17N3O3/c1-31-25(30)16-6-10-18(11-7-16)26-24(29)17-9-12-20-22(14-17)28-23-19-5-3-2-4-15(19)8-13-21(23)27-20/h2-14H,1H3,(H,26,29). The molecule has 0 aliphatic heterocycles. The van der Waals surface area contributed by atoms with Gasteiger partial charge in [-0.15, -0.1) is 0 Å². The fourth-order valence-corrected chi connectivity index (χ4v) is 3.56. The fourth-order valence-electron chi connectivity index (χ4n) is 3.56. The number of carbonyl (C=O) groups excluding carboxylic acids is 2. The second-order valence-corrected chi connectivity index (χ2v) is 7.10. The van der Waals surface area contributed by atoms with Crippen molar-refractivity contribution in [2.24, 2.45) is 0 Å². The quantitative estimate of drug-likeness (QED) is 0.259. The van der Waals surface area contributed by atoms with Crippen LogP contribution in [-0.2, 0) is 4.74 Å². The van der Waals surface area contributed by atoms with Crippen LogP contribution in [0, 0.1) is 0 Å². The molecule has 0 saturated carbocycles. The van der Waals surface area contributed by atoms with Gasteiger partial charge in [0.1, 0.15) is 0 Å². The molecule has 1 amide bonds. The average molecular weight is 407 g/mol. The Bertz CT molecular complexity index is 1480. The van der Waals surface area contributed by atoms with Crippen molar-refractivity contribution in [3.8, 4) is 0 Å². The molecule has 5 rings (SSSR count). The number of methoxy groups -OCH3 is 1. The molecule has 31 heavy (non-hydrogen) atoms. The van der Waals surface area contributed by atoms with E-state index < -0.39 is 5.97 Å². The van der Waals surface area contributed by atoms with Gasteiger partial charge in [0, 0.05) is 16.6 Å². The molecule has 1 aromatic heterocycles. The summed E-state index contributed by atoms with van der Waals surface area (Å²) in [6.45, 7) is 0. The van der Waals surface area contributed by atoms with Crippen LogP contribution in [0.1, 0.15) is 20.7 Å². The highest BCUT2D eigenvalue weighted by molar-refractivity contribution is 6.08. The number of anilines is 1. The Balaban J connectivity index is 1.49. The van der Waals surface area contributed by atoms with Crippen molar-refractivity contribution in [2.45, 2.75) is 0 Å². The summed E-state index contributed by atoms with van der Waals surface area (Å²) in [5.41, 5.74) is 4.46. The third kappa shape index (κ3) is 3.44. The van der Waals surface area contributed by atoms with Crippen molar-refractivity contribution in [2.75, 3.05) is 12.4 Å². The molecule has 0 saturated heterocycles.